The van der Waals surface area contributed by atoms with Crippen molar-refractivity contribution < 1.29 is 0 Å². The summed E-state index contributed by atoms with van der Waals surface area (Å²) in [6.07, 6.45) is 2.09. The van der Waals surface area contributed by atoms with E-state index in [9.17, 15) is 0 Å². The highest BCUT2D eigenvalue weighted by molar-refractivity contribution is 7.97. The van der Waals surface area contributed by atoms with Crippen molar-refractivity contribution in [3.05, 3.63) is 40.2 Å². The molecule has 1 aromatic carbocycles. The normalized spacial score (nSPS) is 10.6. The standard InChI is InChI=1S/C12H14N2S2/c1-15-8-12-14-11(7-16-12)10-4-2-3-9(5-10)6-13/h2-5,7H,6,8,13H2,1H3. The Morgan fingerprint density at radius 1 is 1.44 bits per heavy atom. The summed E-state index contributed by atoms with van der Waals surface area (Å²) in [5.41, 5.74) is 9.00. The summed E-state index contributed by atoms with van der Waals surface area (Å²) in [6.45, 7) is 0.579. The Labute approximate surface area is 104 Å². The van der Waals surface area contributed by atoms with E-state index in [1.54, 1.807) is 23.1 Å². The van der Waals surface area contributed by atoms with E-state index in [-0.39, 0.29) is 0 Å². The van der Waals surface area contributed by atoms with Crippen molar-refractivity contribution in [2.45, 2.75) is 12.3 Å². The third-order valence-corrected chi connectivity index (χ3v) is 3.87. The predicted molar refractivity (Wildman–Crippen MR) is 72.7 cm³/mol. The Morgan fingerprint density at radius 2 is 2.31 bits per heavy atom. The Morgan fingerprint density at radius 3 is 3.06 bits per heavy atom. The lowest BCUT2D eigenvalue weighted by Crippen LogP contribution is -1.95. The number of aromatic nitrogens is 1. The first-order valence-corrected chi connectivity index (χ1v) is 7.33. The molecule has 0 amide bonds. The molecule has 0 aliphatic heterocycles. The van der Waals surface area contributed by atoms with Gasteiger partial charge in [-0.3, -0.25) is 0 Å². The van der Waals surface area contributed by atoms with Crippen molar-refractivity contribution in [2.75, 3.05) is 6.26 Å². The Kier molecular flexibility index (Phi) is 3.98. The minimum absolute atomic E-state index is 0.579. The summed E-state index contributed by atoms with van der Waals surface area (Å²) in [6, 6.07) is 8.26. The van der Waals surface area contributed by atoms with E-state index in [2.05, 4.69) is 28.8 Å². The van der Waals surface area contributed by atoms with Crippen LogP contribution in [0.3, 0.4) is 0 Å². The lowest BCUT2D eigenvalue weighted by molar-refractivity contribution is 1.07. The van der Waals surface area contributed by atoms with Gasteiger partial charge in [-0.15, -0.1) is 11.3 Å². The van der Waals surface area contributed by atoms with Crippen LogP contribution in [0.2, 0.25) is 0 Å². The molecular weight excluding hydrogens is 236 g/mol. The third kappa shape index (κ3) is 2.64. The van der Waals surface area contributed by atoms with Crippen LogP contribution in [0.15, 0.2) is 29.6 Å². The highest BCUT2D eigenvalue weighted by Crippen LogP contribution is 2.24. The van der Waals surface area contributed by atoms with Crippen molar-refractivity contribution in [2.24, 2.45) is 5.73 Å². The molecule has 2 nitrogen and oxygen atoms in total. The van der Waals surface area contributed by atoms with Crippen molar-refractivity contribution in [1.82, 2.24) is 4.98 Å². The Bertz CT molecular complexity index is 466. The van der Waals surface area contributed by atoms with Crippen LogP contribution in [0.4, 0.5) is 0 Å². The van der Waals surface area contributed by atoms with E-state index >= 15 is 0 Å². The van der Waals surface area contributed by atoms with Gasteiger partial charge in [-0.25, -0.2) is 4.98 Å². The SMILES string of the molecule is CSCc1nc(-c2cccc(CN)c2)cs1. The predicted octanol–water partition coefficient (Wildman–Crippen LogP) is 3.13. The monoisotopic (exact) mass is 250 g/mol. The van der Waals surface area contributed by atoms with Crippen molar-refractivity contribution in [3.63, 3.8) is 0 Å². The number of nitrogens with zero attached hydrogens (tertiary/aromatic N) is 1. The number of thioether (sulfide) groups is 1. The molecule has 0 unspecified atom stereocenters. The van der Waals surface area contributed by atoms with Crippen LogP contribution in [-0.2, 0) is 12.3 Å². The molecule has 4 heteroatoms. The molecule has 0 radical (unpaired) electrons. The van der Waals surface area contributed by atoms with E-state index in [1.807, 2.05) is 12.1 Å². The first-order chi connectivity index (χ1) is 7.83. The molecule has 84 valence electrons. The molecule has 0 bridgehead atoms. The highest BCUT2D eigenvalue weighted by Gasteiger charge is 2.04. The first kappa shape index (κ1) is 11.6. The molecule has 0 saturated carbocycles. The number of hydrogen-bond acceptors (Lipinski definition) is 4. The maximum Gasteiger partial charge on any atom is 0.103 e. The van der Waals surface area contributed by atoms with Gasteiger partial charge in [-0.1, -0.05) is 18.2 Å². The van der Waals surface area contributed by atoms with Gasteiger partial charge in [0, 0.05) is 23.2 Å². The largest absolute Gasteiger partial charge is 0.326 e. The topological polar surface area (TPSA) is 38.9 Å². The maximum absolute atomic E-state index is 5.63. The average molecular weight is 250 g/mol. The van der Waals surface area contributed by atoms with Crippen LogP contribution < -0.4 is 5.73 Å². The molecule has 2 N–H and O–H groups in total. The summed E-state index contributed by atoms with van der Waals surface area (Å²) in [4.78, 5) is 4.60. The van der Waals surface area contributed by atoms with E-state index in [4.69, 9.17) is 5.73 Å². The van der Waals surface area contributed by atoms with Crippen LogP contribution in [0, 0.1) is 0 Å². The number of rotatable bonds is 4. The molecule has 1 aromatic heterocycles. The molecule has 2 rings (SSSR count). The fourth-order valence-corrected chi connectivity index (χ4v) is 3.02. The second kappa shape index (κ2) is 5.48. The summed E-state index contributed by atoms with van der Waals surface area (Å²) in [5.74, 6) is 0.987. The molecule has 2 aromatic rings. The van der Waals surface area contributed by atoms with Crippen LogP contribution in [-0.4, -0.2) is 11.2 Å². The van der Waals surface area contributed by atoms with Gasteiger partial charge in [0.1, 0.15) is 5.01 Å². The Balaban J connectivity index is 2.27. The maximum atomic E-state index is 5.63. The average Bonchev–Trinajstić information content (AvgIpc) is 2.78. The molecule has 0 aliphatic carbocycles. The molecular formula is C12H14N2S2. The van der Waals surface area contributed by atoms with E-state index < -0.39 is 0 Å². The second-order valence-corrected chi connectivity index (χ2v) is 5.27. The first-order valence-electron chi connectivity index (χ1n) is 5.06. The lowest BCUT2D eigenvalue weighted by Gasteiger charge is -2.00. The van der Waals surface area contributed by atoms with Gasteiger partial charge >= 0.3 is 0 Å². The van der Waals surface area contributed by atoms with Gasteiger partial charge in [0.15, 0.2) is 0 Å². The molecule has 0 saturated heterocycles. The van der Waals surface area contributed by atoms with Gasteiger partial charge < -0.3 is 5.73 Å². The van der Waals surface area contributed by atoms with Gasteiger partial charge in [0.2, 0.25) is 0 Å². The van der Waals surface area contributed by atoms with Crippen LogP contribution in [0.25, 0.3) is 11.3 Å². The molecule has 16 heavy (non-hydrogen) atoms. The molecule has 0 fully saturated rings. The zero-order chi connectivity index (χ0) is 11.4. The van der Waals surface area contributed by atoms with Crippen molar-refractivity contribution in [3.8, 4) is 11.3 Å². The number of benzene rings is 1. The van der Waals surface area contributed by atoms with Crippen LogP contribution >= 0.6 is 23.1 Å². The fraction of sp³-hybridized carbons (Fsp3) is 0.250. The van der Waals surface area contributed by atoms with Crippen LogP contribution in [0.5, 0.6) is 0 Å². The quantitative estimate of drug-likeness (QED) is 0.906. The van der Waals surface area contributed by atoms with Crippen molar-refractivity contribution >= 4 is 23.1 Å². The van der Waals surface area contributed by atoms with Gasteiger partial charge in [-0.05, 0) is 17.9 Å². The number of hydrogen-bond donors (Lipinski definition) is 1. The van der Waals surface area contributed by atoms with E-state index in [0.717, 1.165) is 22.6 Å². The zero-order valence-electron chi connectivity index (χ0n) is 9.14. The zero-order valence-corrected chi connectivity index (χ0v) is 10.8. The summed E-state index contributed by atoms with van der Waals surface area (Å²) < 4.78 is 0. The molecule has 0 atom stereocenters. The smallest absolute Gasteiger partial charge is 0.103 e. The van der Waals surface area contributed by atoms with Crippen LogP contribution in [0.1, 0.15) is 10.6 Å². The minimum atomic E-state index is 0.579. The van der Waals surface area contributed by atoms with Gasteiger partial charge in [0.05, 0.1) is 5.69 Å². The lowest BCUT2D eigenvalue weighted by atomic mass is 10.1. The highest BCUT2D eigenvalue weighted by atomic mass is 32.2. The van der Waals surface area contributed by atoms with Crippen molar-refractivity contribution in [1.29, 1.82) is 0 Å². The van der Waals surface area contributed by atoms with Gasteiger partial charge in [-0.2, -0.15) is 11.8 Å². The third-order valence-electron chi connectivity index (χ3n) is 2.28. The number of nitrogens with two attached hydrogens (primary N) is 1. The summed E-state index contributed by atoms with van der Waals surface area (Å²) >= 11 is 3.52. The number of thiazole rings is 1. The fourth-order valence-electron chi connectivity index (χ4n) is 1.49. The van der Waals surface area contributed by atoms with E-state index in [1.165, 1.54) is 5.01 Å². The van der Waals surface area contributed by atoms with Gasteiger partial charge in [0.25, 0.3) is 0 Å². The molecule has 1 heterocycles. The summed E-state index contributed by atoms with van der Waals surface area (Å²) in [7, 11) is 0. The Hall–Kier alpha value is -0.840. The second-order valence-electron chi connectivity index (χ2n) is 3.46. The van der Waals surface area contributed by atoms with E-state index in [0.29, 0.717) is 6.54 Å². The molecule has 0 aliphatic rings. The summed E-state index contributed by atoms with van der Waals surface area (Å²) in [5, 5.41) is 3.29. The molecule has 0 spiro atoms. The minimum Gasteiger partial charge on any atom is -0.326 e.